The fourth-order valence-electron chi connectivity index (χ4n) is 2.39. The molecule has 1 heterocycles. The highest BCUT2D eigenvalue weighted by atomic mass is 127. The van der Waals surface area contributed by atoms with Gasteiger partial charge in [0.1, 0.15) is 5.01 Å². The summed E-state index contributed by atoms with van der Waals surface area (Å²) in [5.74, 6) is 1.12. The fraction of sp³-hybridized carbons (Fsp3) is 0.421. The zero-order valence-corrected chi connectivity index (χ0v) is 19.4. The molecular formula is C19H28IN5OS. The van der Waals surface area contributed by atoms with E-state index < -0.39 is 0 Å². The predicted octanol–water partition coefficient (Wildman–Crippen LogP) is 3.15. The van der Waals surface area contributed by atoms with Crippen molar-refractivity contribution in [3.63, 3.8) is 0 Å². The van der Waals surface area contributed by atoms with E-state index in [1.165, 1.54) is 0 Å². The number of rotatable bonds is 7. The Morgan fingerprint density at radius 1 is 1.30 bits per heavy atom. The first-order valence-corrected chi connectivity index (χ1v) is 9.61. The maximum Gasteiger partial charge on any atom is 0.251 e. The van der Waals surface area contributed by atoms with Crippen molar-refractivity contribution >= 4 is 47.2 Å². The van der Waals surface area contributed by atoms with Gasteiger partial charge in [-0.25, -0.2) is 4.98 Å². The Hall–Kier alpha value is -1.68. The van der Waals surface area contributed by atoms with Gasteiger partial charge in [0, 0.05) is 31.6 Å². The van der Waals surface area contributed by atoms with Crippen LogP contribution in [0.2, 0.25) is 0 Å². The molecule has 0 fully saturated rings. The lowest BCUT2D eigenvalue weighted by Crippen LogP contribution is -2.37. The summed E-state index contributed by atoms with van der Waals surface area (Å²) in [5.41, 5.74) is 2.92. The maximum atomic E-state index is 11.7. The highest BCUT2D eigenvalue weighted by molar-refractivity contribution is 14.0. The van der Waals surface area contributed by atoms with E-state index in [4.69, 9.17) is 0 Å². The Morgan fingerprint density at radius 3 is 2.70 bits per heavy atom. The molecule has 148 valence electrons. The molecule has 8 heteroatoms. The summed E-state index contributed by atoms with van der Waals surface area (Å²) in [6, 6.07) is 7.66. The third-order valence-corrected chi connectivity index (χ3v) is 4.78. The van der Waals surface area contributed by atoms with Crippen LogP contribution in [0.5, 0.6) is 0 Å². The first kappa shape index (κ1) is 23.4. The Labute approximate surface area is 182 Å². The quantitative estimate of drug-likeness (QED) is 0.310. The molecule has 0 aliphatic rings. The third-order valence-electron chi connectivity index (χ3n) is 3.91. The summed E-state index contributed by atoms with van der Waals surface area (Å²) in [6.45, 7) is 5.67. The van der Waals surface area contributed by atoms with E-state index in [9.17, 15) is 4.79 Å². The van der Waals surface area contributed by atoms with Gasteiger partial charge in [0.2, 0.25) is 0 Å². The van der Waals surface area contributed by atoms with Gasteiger partial charge in [-0.1, -0.05) is 26.0 Å². The second-order valence-electron chi connectivity index (χ2n) is 6.20. The van der Waals surface area contributed by atoms with Gasteiger partial charge in [0.15, 0.2) is 5.96 Å². The number of benzene rings is 1. The van der Waals surface area contributed by atoms with E-state index >= 15 is 0 Å². The Morgan fingerprint density at radius 2 is 2.07 bits per heavy atom. The second-order valence-corrected chi connectivity index (χ2v) is 7.15. The third kappa shape index (κ3) is 7.45. The number of nitrogens with one attached hydrogen (secondary N) is 3. The van der Waals surface area contributed by atoms with E-state index in [1.54, 1.807) is 25.4 Å². The maximum absolute atomic E-state index is 11.7. The summed E-state index contributed by atoms with van der Waals surface area (Å²) in [4.78, 5) is 20.6. The van der Waals surface area contributed by atoms with Gasteiger partial charge in [-0.3, -0.25) is 9.79 Å². The highest BCUT2D eigenvalue weighted by Crippen LogP contribution is 2.17. The summed E-state index contributed by atoms with van der Waals surface area (Å²) in [5, 5.41) is 12.4. The number of thiazole rings is 1. The standard InChI is InChI=1S/C19H27N5OS.HI/c1-13(2)16-12-26-17(24-16)11-23-19(21-4)22-9-8-14-6-5-7-15(10-14)18(25)20-3;/h5-7,10,12-13H,8-9,11H2,1-4H3,(H,20,25)(H2,21,22,23);1H. The first-order valence-electron chi connectivity index (χ1n) is 8.73. The average Bonchev–Trinajstić information content (AvgIpc) is 3.13. The molecule has 0 unspecified atom stereocenters. The molecule has 27 heavy (non-hydrogen) atoms. The molecule has 0 atom stereocenters. The van der Waals surface area contributed by atoms with Gasteiger partial charge in [-0.15, -0.1) is 35.3 Å². The van der Waals surface area contributed by atoms with Gasteiger partial charge >= 0.3 is 0 Å². The molecule has 0 saturated carbocycles. The fourth-order valence-corrected chi connectivity index (χ4v) is 3.28. The van der Waals surface area contributed by atoms with Crippen LogP contribution >= 0.6 is 35.3 Å². The minimum Gasteiger partial charge on any atom is -0.356 e. The molecule has 0 spiro atoms. The van der Waals surface area contributed by atoms with Crippen molar-refractivity contribution in [1.29, 1.82) is 0 Å². The molecule has 0 aliphatic heterocycles. The number of amides is 1. The van der Waals surface area contributed by atoms with Crippen LogP contribution in [0.4, 0.5) is 0 Å². The molecule has 2 aromatic rings. The van der Waals surface area contributed by atoms with Gasteiger partial charge in [0.25, 0.3) is 5.91 Å². The van der Waals surface area contributed by atoms with Crippen molar-refractivity contribution in [2.75, 3.05) is 20.6 Å². The summed E-state index contributed by atoms with van der Waals surface area (Å²) >= 11 is 1.66. The second kappa shape index (κ2) is 11.9. The van der Waals surface area contributed by atoms with Crippen molar-refractivity contribution in [3.05, 3.63) is 51.5 Å². The van der Waals surface area contributed by atoms with Gasteiger partial charge in [-0.2, -0.15) is 0 Å². The molecule has 0 aliphatic carbocycles. The molecule has 1 amide bonds. The van der Waals surface area contributed by atoms with Crippen LogP contribution in [0.1, 0.15) is 46.4 Å². The van der Waals surface area contributed by atoms with Crippen molar-refractivity contribution in [3.8, 4) is 0 Å². The van der Waals surface area contributed by atoms with E-state index in [2.05, 4.69) is 45.2 Å². The largest absolute Gasteiger partial charge is 0.356 e. The molecule has 0 saturated heterocycles. The lowest BCUT2D eigenvalue weighted by molar-refractivity contribution is 0.0963. The molecule has 6 nitrogen and oxygen atoms in total. The number of guanidine groups is 1. The number of aliphatic imine (C=N–C) groups is 1. The van der Waals surface area contributed by atoms with Crippen LogP contribution in [0.25, 0.3) is 0 Å². The van der Waals surface area contributed by atoms with E-state index in [-0.39, 0.29) is 29.9 Å². The number of carbonyl (C=O) groups excluding carboxylic acids is 1. The Balaban J connectivity index is 0.00000364. The van der Waals surface area contributed by atoms with Gasteiger partial charge < -0.3 is 16.0 Å². The van der Waals surface area contributed by atoms with E-state index in [1.807, 2.05) is 24.3 Å². The van der Waals surface area contributed by atoms with Crippen molar-refractivity contribution in [2.45, 2.75) is 32.7 Å². The molecule has 1 aromatic carbocycles. The van der Waals surface area contributed by atoms with Crippen molar-refractivity contribution < 1.29 is 4.79 Å². The Bertz CT molecular complexity index is 760. The molecule has 0 radical (unpaired) electrons. The van der Waals surface area contributed by atoms with Crippen LogP contribution < -0.4 is 16.0 Å². The number of aromatic nitrogens is 1. The first-order chi connectivity index (χ1) is 12.5. The molecular weight excluding hydrogens is 473 g/mol. The smallest absolute Gasteiger partial charge is 0.251 e. The minimum absolute atomic E-state index is 0. The molecule has 3 N–H and O–H groups in total. The average molecular weight is 501 g/mol. The summed E-state index contributed by atoms with van der Waals surface area (Å²) in [6.07, 6.45) is 0.806. The topological polar surface area (TPSA) is 78.4 Å². The monoisotopic (exact) mass is 501 g/mol. The zero-order valence-electron chi connectivity index (χ0n) is 16.2. The van der Waals surface area contributed by atoms with Gasteiger partial charge in [0.05, 0.1) is 12.2 Å². The summed E-state index contributed by atoms with van der Waals surface area (Å²) < 4.78 is 0. The lowest BCUT2D eigenvalue weighted by atomic mass is 10.1. The number of hydrogen-bond acceptors (Lipinski definition) is 4. The van der Waals surface area contributed by atoms with E-state index in [0.717, 1.165) is 35.2 Å². The number of hydrogen-bond donors (Lipinski definition) is 3. The van der Waals surface area contributed by atoms with Crippen molar-refractivity contribution in [1.82, 2.24) is 20.9 Å². The Kier molecular flexibility index (Phi) is 10.3. The molecule has 1 aromatic heterocycles. The molecule has 2 rings (SSSR count). The normalized spacial score (nSPS) is 11.1. The minimum atomic E-state index is -0.0681. The van der Waals surface area contributed by atoms with Crippen LogP contribution in [-0.4, -0.2) is 37.5 Å². The molecule has 0 bridgehead atoms. The van der Waals surface area contributed by atoms with Crippen molar-refractivity contribution in [2.24, 2.45) is 4.99 Å². The van der Waals surface area contributed by atoms with E-state index in [0.29, 0.717) is 18.0 Å². The summed E-state index contributed by atoms with van der Waals surface area (Å²) in [7, 11) is 3.39. The number of halogens is 1. The SMILES string of the molecule is CN=C(NCCc1cccc(C(=O)NC)c1)NCc1nc(C(C)C)cs1.I. The number of carbonyl (C=O) groups is 1. The predicted molar refractivity (Wildman–Crippen MR) is 123 cm³/mol. The highest BCUT2D eigenvalue weighted by Gasteiger charge is 2.07. The lowest BCUT2D eigenvalue weighted by Gasteiger charge is -2.11. The van der Waals surface area contributed by atoms with Crippen LogP contribution in [-0.2, 0) is 13.0 Å². The zero-order chi connectivity index (χ0) is 18.9. The van der Waals surface area contributed by atoms with Crippen LogP contribution in [0.15, 0.2) is 34.6 Å². The number of nitrogens with zero attached hydrogens (tertiary/aromatic N) is 2. The van der Waals surface area contributed by atoms with Crippen LogP contribution in [0.3, 0.4) is 0 Å². The van der Waals surface area contributed by atoms with Gasteiger partial charge in [-0.05, 0) is 30.0 Å². The van der Waals surface area contributed by atoms with Crippen LogP contribution in [0, 0.1) is 0 Å².